The number of carbonyl (C=O) groups excluding carboxylic acids is 1. The van der Waals surface area contributed by atoms with Crippen LogP contribution in [0.15, 0.2) is 0 Å². The van der Waals surface area contributed by atoms with Gasteiger partial charge in [-0.2, -0.15) is 0 Å². The Morgan fingerprint density at radius 3 is 1.71 bits per heavy atom. The van der Waals surface area contributed by atoms with E-state index in [-0.39, 0.29) is 5.91 Å². The van der Waals surface area contributed by atoms with E-state index in [1.807, 2.05) is 20.8 Å². The van der Waals surface area contributed by atoms with Crippen LogP contribution in [0.2, 0.25) is 0 Å². The highest BCUT2D eigenvalue weighted by atomic mass is 79.9. The molecule has 0 unspecified atom stereocenters. The largest absolute Gasteiger partial charge is 0.633 e. The molecular formula is C10H22BrNO4Si. The summed E-state index contributed by atoms with van der Waals surface area (Å²) in [5.41, 5.74) is 0. The molecule has 0 saturated carbocycles. The lowest BCUT2D eigenvalue weighted by Gasteiger charge is -2.30. The molecular weight excluding hydrogens is 306 g/mol. The van der Waals surface area contributed by atoms with Crippen molar-refractivity contribution < 1.29 is 18.1 Å². The van der Waals surface area contributed by atoms with Crippen molar-refractivity contribution in [2.45, 2.75) is 38.9 Å². The lowest BCUT2D eigenvalue weighted by Crippen LogP contribution is -2.63. The van der Waals surface area contributed by atoms with Crippen LogP contribution < -0.4 is 4.98 Å². The van der Waals surface area contributed by atoms with Gasteiger partial charge in [0.15, 0.2) is 0 Å². The van der Waals surface area contributed by atoms with Crippen LogP contribution in [0.1, 0.15) is 34.6 Å². The molecule has 0 aliphatic heterocycles. The second-order valence-corrected chi connectivity index (χ2v) is 7.99. The lowest BCUT2D eigenvalue weighted by molar-refractivity contribution is -0.122. The number of amides is 1. The lowest BCUT2D eigenvalue weighted by atomic mass is 10.2. The molecule has 0 fully saturated rings. The maximum Gasteiger partial charge on any atom is 0.633 e. The van der Waals surface area contributed by atoms with Gasteiger partial charge in [-0.1, -0.05) is 15.9 Å². The Bertz CT molecular complexity index is 228. The quantitative estimate of drug-likeness (QED) is 0.545. The normalized spacial score (nSPS) is 12.6. The van der Waals surface area contributed by atoms with Gasteiger partial charge in [0.25, 0.3) is 0 Å². The highest BCUT2D eigenvalue weighted by molar-refractivity contribution is 9.10. The maximum absolute atomic E-state index is 11.9. The number of alkyl halides is 1. The first kappa shape index (κ1) is 17.0. The summed E-state index contributed by atoms with van der Waals surface area (Å²) >= 11 is 3.29. The third kappa shape index (κ3) is 5.96. The Morgan fingerprint density at radius 1 is 1.12 bits per heavy atom. The number of halogens is 1. The van der Waals surface area contributed by atoms with E-state index in [4.69, 9.17) is 13.3 Å². The molecule has 0 aromatic heterocycles. The average molecular weight is 328 g/mol. The van der Waals surface area contributed by atoms with Gasteiger partial charge in [-0.05, 0) is 34.6 Å². The number of carbonyl (C=O) groups is 1. The maximum atomic E-state index is 11.9. The standard InChI is InChI=1S/C10H22BrNO4Si/c1-6-14-17(15-7-2,16-8-3)12-9(13)10(4,5)11/h6-8H2,1-5H3,(H,12,13). The first-order chi connectivity index (χ1) is 7.81. The van der Waals surface area contributed by atoms with Crippen molar-refractivity contribution in [1.82, 2.24) is 4.98 Å². The summed E-state index contributed by atoms with van der Waals surface area (Å²) in [5, 5.41) is 0. The van der Waals surface area contributed by atoms with Gasteiger partial charge >= 0.3 is 8.97 Å². The van der Waals surface area contributed by atoms with E-state index in [1.54, 1.807) is 13.8 Å². The van der Waals surface area contributed by atoms with Gasteiger partial charge in [0.1, 0.15) is 0 Å². The van der Waals surface area contributed by atoms with Gasteiger partial charge in [0.2, 0.25) is 5.91 Å². The third-order valence-electron chi connectivity index (χ3n) is 1.81. The summed E-state index contributed by atoms with van der Waals surface area (Å²) in [5.74, 6) is -0.209. The van der Waals surface area contributed by atoms with Gasteiger partial charge in [-0.25, -0.2) is 0 Å². The Balaban J connectivity index is 4.82. The van der Waals surface area contributed by atoms with Gasteiger partial charge in [-0.15, -0.1) is 0 Å². The summed E-state index contributed by atoms with van der Waals surface area (Å²) in [4.78, 5) is 14.7. The Morgan fingerprint density at radius 2 is 1.47 bits per heavy atom. The zero-order chi connectivity index (χ0) is 13.5. The fraction of sp³-hybridized carbons (Fsp3) is 0.900. The first-order valence-electron chi connectivity index (χ1n) is 5.74. The van der Waals surface area contributed by atoms with Crippen molar-refractivity contribution in [1.29, 1.82) is 0 Å². The van der Waals surface area contributed by atoms with Crippen LogP contribution >= 0.6 is 15.9 Å². The van der Waals surface area contributed by atoms with Gasteiger partial charge < -0.3 is 18.3 Å². The van der Waals surface area contributed by atoms with Crippen molar-refractivity contribution in [3.8, 4) is 0 Å². The topological polar surface area (TPSA) is 56.8 Å². The highest BCUT2D eigenvalue weighted by Crippen LogP contribution is 2.17. The molecule has 0 bridgehead atoms. The van der Waals surface area contributed by atoms with Crippen LogP contribution in [-0.2, 0) is 18.1 Å². The molecule has 0 aromatic carbocycles. The summed E-state index contributed by atoms with van der Waals surface area (Å²) in [6.07, 6.45) is 0. The van der Waals surface area contributed by atoms with E-state index >= 15 is 0 Å². The summed E-state index contributed by atoms with van der Waals surface area (Å²) in [6, 6.07) is 0. The molecule has 0 heterocycles. The second-order valence-electron chi connectivity index (χ2n) is 3.78. The van der Waals surface area contributed by atoms with Crippen molar-refractivity contribution in [2.75, 3.05) is 19.8 Å². The van der Waals surface area contributed by atoms with Crippen molar-refractivity contribution in [3.05, 3.63) is 0 Å². The van der Waals surface area contributed by atoms with E-state index < -0.39 is 13.3 Å². The van der Waals surface area contributed by atoms with E-state index in [1.165, 1.54) is 0 Å². The SMILES string of the molecule is CCO[Si](NC(=O)C(C)(C)Br)(OCC)OCC. The molecule has 1 amide bonds. The highest BCUT2D eigenvalue weighted by Gasteiger charge is 2.46. The fourth-order valence-electron chi connectivity index (χ4n) is 1.09. The summed E-state index contributed by atoms with van der Waals surface area (Å²) < 4.78 is 15.9. The molecule has 0 aliphatic carbocycles. The van der Waals surface area contributed by atoms with E-state index in [9.17, 15) is 4.79 Å². The van der Waals surface area contributed by atoms with E-state index in [2.05, 4.69) is 20.9 Å². The molecule has 0 aromatic rings. The first-order valence-corrected chi connectivity index (χ1v) is 8.26. The van der Waals surface area contributed by atoms with E-state index in [0.29, 0.717) is 19.8 Å². The Hall–Kier alpha value is 0.0469. The van der Waals surface area contributed by atoms with E-state index in [0.717, 1.165) is 0 Å². The minimum absolute atomic E-state index is 0.209. The third-order valence-corrected chi connectivity index (χ3v) is 4.71. The second kappa shape index (κ2) is 7.47. The van der Waals surface area contributed by atoms with Crippen molar-refractivity contribution in [2.24, 2.45) is 0 Å². The molecule has 0 rings (SSSR count). The molecule has 0 atom stereocenters. The summed E-state index contributed by atoms with van der Waals surface area (Å²) in [7, 11) is -3.10. The molecule has 0 aliphatic rings. The number of rotatable bonds is 8. The zero-order valence-electron chi connectivity index (χ0n) is 11.1. The molecule has 102 valence electrons. The minimum Gasteiger partial charge on any atom is -0.357 e. The molecule has 7 heteroatoms. The number of hydrogen-bond acceptors (Lipinski definition) is 4. The van der Waals surface area contributed by atoms with Crippen LogP contribution in [0.3, 0.4) is 0 Å². The van der Waals surface area contributed by atoms with Gasteiger partial charge in [0, 0.05) is 19.8 Å². The molecule has 17 heavy (non-hydrogen) atoms. The minimum atomic E-state index is -3.10. The van der Waals surface area contributed by atoms with Crippen LogP contribution in [-0.4, -0.2) is 39.0 Å². The van der Waals surface area contributed by atoms with Crippen LogP contribution in [0.4, 0.5) is 0 Å². The van der Waals surface area contributed by atoms with Crippen molar-refractivity contribution in [3.63, 3.8) is 0 Å². The van der Waals surface area contributed by atoms with Gasteiger partial charge in [-0.3, -0.25) is 4.79 Å². The molecule has 5 nitrogen and oxygen atoms in total. The zero-order valence-corrected chi connectivity index (χ0v) is 13.7. The van der Waals surface area contributed by atoms with Gasteiger partial charge in [0.05, 0.1) is 4.32 Å². The monoisotopic (exact) mass is 327 g/mol. The summed E-state index contributed by atoms with van der Waals surface area (Å²) in [6.45, 7) is 10.3. The Kier molecular flexibility index (Phi) is 7.50. The van der Waals surface area contributed by atoms with Crippen LogP contribution in [0.5, 0.6) is 0 Å². The molecule has 1 N–H and O–H groups in total. The predicted molar refractivity (Wildman–Crippen MR) is 71.8 cm³/mol. The molecule has 0 saturated heterocycles. The predicted octanol–water partition coefficient (Wildman–Crippen LogP) is 1.82. The number of hydrogen-bond donors (Lipinski definition) is 1. The Labute approximate surface area is 113 Å². The molecule has 0 radical (unpaired) electrons. The smallest absolute Gasteiger partial charge is 0.357 e. The van der Waals surface area contributed by atoms with Crippen LogP contribution in [0.25, 0.3) is 0 Å². The fourth-order valence-corrected chi connectivity index (χ4v) is 3.57. The average Bonchev–Trinajstić information content (AvgIpc) is 2.17. The number of nitrogens with one attached hydrogen (secondary N) is 1. The van der Waals surface area contributed by atoms with Crippen molar-refractivity contribution >= 4 is 30.8 Å². The van der Waals surface area contributed by atoms with Crippen LogP contribution in [0, 0.1) is 0 Å². The molecule has 0 spiro atoms.